The lowest BCUT2D eigenvalue weighted by Gasteiger charge is -2.25. The van der Waals surface area contributed by atoms with Gasteiger partial charge in [-0.15, -0.1) is 0 Å². The zero-order chi connectivity index (χ0) is 37.2. The zero-order valence-corrected chi connectivity index (χ0v) is 29.4. The Kier molecular flexibility index (Phi) is 11.5. The number of hydrogen-bond acceptors (Lipinski definition) is 7. The molecule has 0 aliphatic heterocycles. The van der Waals surface area contributed by atoms with Gasteiger partial charge in [-0.05, 0) is 95.1 Å². The number of hydrogen-bond donors (Lipinski definition) is 4. The van der Waals surface area contributed by atoms with Crippen LogP contribution in [0.2, 0.25) is 0 Å². The van der Waals surface area contributed by atoms with Crippen LogP contribution in [0, 0.1) is 5.41 Å². The number of ether oxygens (including phenoxy) is 2. The molecule has 9 heteroatoms. The van der Waals surface area contributed by atoms with Crippen molar-refractivity contribution in [2.75, 3.05) is 23.8 Å². The molecule has 0 saturated heterocycles. The van der Waals surface area contributed by atoms with E-state index in [2.05, 4.69) is 15.5 Å². The monoisotopic (exact) mass is 708 g/mol. The van der Waals surface area contributed by atoms with Crippen LogP contribution in [0.25, 0.3) is 22.3 Å². The maximum absolute atomic E-state index is 13.1. The summed E-state index contributed by atoms with van der Waals surface area (Å²) in [5, 5.41) is 25.2. The minimum absolute atomic E-state index is 0.0439. The molecule has 6 aromatic rings. The zero-order valence-electron chi connectivity index (χ0n) is 29.4. The Bertz CT molecular complexity index is 2150. The quantitative estimate of drug-likeness (QED) is 0.0613. The van der Waals surface area contributed by atoms with Crippen molar-refractivity contribution in [3.63, 3.8) is 0 Å². The van der Waals surface area contributed by atoms with E-state index in [1.807, 2.05) is 117 Å². The highest BCUT2D eigenvalue weighted by Crippen LogP contribution is 2.30. The Hall–Kier alpha value is -6.42. The number of carbonyl (C=O) groups excluding carboxylic acids is 1. The Morgan fingerprint density at radius 3 is 1.68 bits per heavy atom. The van der Waals surface area contributed by atoms with E-state index in [0.29, 0.717) is 36.0 Å². The number of benzene rings is 6. The van der Waals surface area contributed by atoms with Crippen LogP contribution in [0.4, 0.5) is 17.1 Å². The van der Waals surface area contributed by atoms with E-state index in [1.54, 1.807) is 30.3 Å². The number of aromatic carboxylic acids is 1. The van der Waals surface area contributed by atoms with Gasteiger partial charge in [-0.2, -0.15) is 0 Å². The molecule has 0 aliphatic carbocycles. The van der Waals surface area contributed by atoms with Crippen LogP contribution < -0.4 is 20.1 Å². The summed E-state index contributed by atoms with van der Waals surface area (Å²) in [4.78, 5) is 29.6. The molecule has 0 saturated carbocycles. The summed E-state index contributed by atoms with van der Waals surface area (Å²) in [6.07, 6.45) is 0. The van der Waals surface area contributed by atoms with Gasteiger partial charge in [0.05, 0.1) is 24.3 Å². The molecule has 0 aliphatic rings. The smallest absolute Gasteiger partial charge is 0.336 e. The number of carboxylic acid groups (broad SMARTS) is 1. The lowest BCUT2D eigenvalue weighted by Crippen LogP contribution is -2.28. The number of rotatable bonds is 15. The fraction of sp³-hybridized carbons (Fsp3) is 0.136. The van der Waals surface area contributed by atoms with E-state index in [1.165, 1.54) is 12.1 Å². The lowest BCUT2D eigenvalue weighted by molar-refractivity contribution is -0.252. The molecule has 6 aromatic carbocycles. The van der Waals surface area contributed by atoms with E-state index >= 15 is 0 Å². The van der Waals surface area contributed by atoms with E-state index in [-0.39, 0.29) is 23.1 Å². The van der Waals surface area contributed by atoms with Crippen molar-refractivity contribution in [3.8, 4) is 33.8 Å². The number of nitrogens with one attached hydrogen (secondary N) is 2. The third kappa shape index (κ3) is 9.68. The van der Waals surface area contributed by atoms with Gasteiger partial charge in [0.1, 0.15) is 18.1 Å². The maximum Gasteiger partial charge on any atom is 0.336 e. The maximum atomic E-state index is 13.1. The average molecular weight is 709 g/mol. The fourth-order valence-corrected chi connectivity index (χ4v) is 5.67. The van der Waals surface area contributed by atoms with E-state index in [9.17, 15) is 20.0 Å². The van der Waals surface area contributed by atoms with Crippen molar-refractivity contribution in [1.82, 2.24) is 0 Å². The fourth-order valence-electron chi connectivity index (χ4n) is 5.67. The highest BCUT2D eigenvalue weighted by Gasteiger charge is 2.21. The van der Waals surface area contributed by atoms with Crippen molar-refractivity contribution in [1.29, 1.82) is 0 Å². The second-order valence-electron chi connectivity index (χ2n) is 13.3. The van der Waals surface area contributed by atoms with E-state index in [0.717, 1.165) is 33.6 Å². The summed E-state index contributed by atoms with van der Waals surface area (Å²) in [5.41, 5.74) is 6.35. The molecule has 0 bridgehead atoms. The van der Waals surface area contributed by atoms with Gasteiger partial charge in [0.25, 0.3) is 5.91 Å². The first kappa shape index (κ1) is 36.4. The predicted molar refractivity (Wildman–Crippen MR) is 207 cm³/mol. The first-order valence-electron chi connectivity index (χ1n) is 17.1. The molecule has 0 fully saturated rings. The molecular weight excluding hydrogens is 668 g/mol. The second kappa shape index (κ2) is 16.7. The van der Waals surface area contributed by atoms with Gasteiger partial charge in [-0.25, -0.2) is 9.68 Å². The van der Waals surface area contributed by atoms with Crippen molar-refractivity contribution in [3.05, 3.63) is 162 Å². The summed E-state index contributed by atoms with van der Waals surface area (Å²) in [6.45, 7) is 4.92. The van der Waals surface area contributed by atoms with Gasteiger partial charge in [0.15, 0.2) is 0 Å². The molecule has 0 radical (unpaired) electrons. The van der Waals surface area contributed by atoms with Gasteiger partial charge in [0.2, 0.25) is 0 Å². The largest absolute Gasteiger partial charge is 0.493 e. The molecule has 4 N–H and O–H groups in total. The Morgan fingerprint density at radius 2 is 1.13 bits per heavy atom. The normalized spacial score (nSPS) is 11.1. The van der Waals surface area contributed by atoms with Gasteiger partial charge >= 0.3 is 5.97 Å². The van der Waals surface area contributed by atoms with Crippen LogP contribution in [-0.4, -0.2) is 35.5 Å². The summed E-state index contributed by atoms with van der Waals surface area (Å²) >= 11 is 0. The summed E-state index contributed by atoms with van der Waals surface area (Å²) in [6, 6.07) is 44.8. The number of carbonyl (C=O) groups is 2. The highest BCUT2D eigenvalue weighted by molar-refractivity contribution is 6.11. The van der Waals surface area contributed by atoms with Gasteiger partial charge in [0, 0.05) is 28.0 Å². The topological polar surface area (TPSA) is 126 Å². The molecular formula is C44H40N2O7. The van der Waals surface area contributed by atoms with Crippen LogP contribution >= 0.6 is 0 Å². The van der Waals surface area contributed by atoms with Crippen molar-refractivity contribution >= 4 is 28.9 Å². The number of anilines is 3. The lowest BCUT2D eigenvalue weighted by atomic mass is 9.96. The standard InChI is InChI=1S/C44H40N2O7/c1-44(2,28-51-37-19-15-35(16-20-37)45-41-24-14-32(25-34(41)27-53-50)30-9-5-3-6-10-30)29-52-38-21-17-36(18-22-38)46-42(47)39-23-13-33(26-40(39)43(48)49)31-11-7-4-8-12-31/h3-26,45,50H,27-29H2,1-2H3,(H,46,47)(H,48,49). The molecule has 0 aromatic heterocycles. The van der Waals surface area contributed by atoms with Crippen molar-refractivity contribution < 1.29 is 34.3 Å². The number of amides is 1. The van der Waals surface area contributed by atoms with E-state index < -0.39 is 11.9 Å². The first-order chi connectivity index (χ1) is 25.7. The minimum Gasteiger partial charge on any atom is -0.493 e. The van der Waals surface area contributed by atoms with Crippen molar-refractivity contribution in [2.24, 2.45) is 5.41 Å². The molecule has 0 unspecified atom stereocenters. The van der Waals surface area contributed by atoms with Crippen molar-refractivity contribution in [2.45, 2.75) is 20.5 Å². The molecule has 6 rings (SSSR count). The first-order valence-corrected chi connectivity index (χ1v) is 17.1. The summed E-state index contributed by atoms with van der Waals surface area (Å²) in [7, 11) is 0. The Balaban J connectivity index is 0.997. The van der Waals surface area contributed by atoms with Crippen LogP contribution in [0.15, 0.2) is 146 Å². The minimum atomic E-state index is -1.18. The summed E-state index contributed by atoms with van der Waals surface area (Å²) in [5.74, 6) is -0.366. The highest BCUT2D eigenvalue weighted by atomic mass is 17.1. The SMILES string of the molecule is CC(C)(COc1ccc(NC(=O)c2ccc(-c3ccccc3)cc2C(=O)O)cc1)COc1ccc(Nc2ccc(-c3ccccc3)cc2COO)cc1. The van der Waals surface area contributed by atoms with Crippen LogP contribution in [0.1, 0.15) is 40.1 Å². The van der Waals surface area contributed by atoms with Crippen LogP contribution in [-0.2, 0) is 11.5 Å². The molecule has 1 amide bonds. The molecule has 0 atom stereocenters. The van der Waals surface area contributed by atoms with Gasteiger partial charge in [-0.1, -0.05) is 86.6 Å². The Morgan fingerprint density at radius 1 is 0.604 bits per heavy atom. The molecule has 0 heterocycles. The molecule has 268 valence electrons. The predicted octanol–water partition coefficient (Wildman–Crippen LogP) is 10.2. The second-order valence-corrected chi connectivity index (χ2v) is 13.3. The van der Waals surface area contributed by atoms with Gasteiger partial charge < -0.3 is 25.2 Å². The average Bonchev–Trinajstić information content (AvgIpc) is 3.18. The van der Waals surface area contributed by atoms with E-state index in [4.69, 9.17) is 9.47 Å². The number of carboxylic acids is 1. The van der Waals surface area contributed by atoms with Crippen LogP contribution in [0.3, 0.4) is 0 Å². The van der Waals surface area contributed by atoms with Gasteiger partial charge in [-0.3, -0.25) is 10.1 Å². The molecule has 53 heavy (non-hydrogen) atoms. The Labute approximate surface area is 308 Å². The third-order valence-corrected chi connectivity index (χ3v) is 8.54. The molecule has 0 spiro atoms. The van der Waals surface area contributed by atoms with Crippen LogP contribution in [0.5, 0.6) is 11.5 Å². The third-order valence-electron chi connectivity index (χ3n) is 8.54. The molecule has 9 nitrogen and oxygen atoms in total. The summed E-state index contributed by atoms with van der Waals surface area (Å²) < 4.78 is 12.2.